The molecule has 0 fully saturated rings. The summed E-state index contributed by atoms with van der Waals surface area (Å²) in [6, 6.07) is 7.35. The number of carbonyl (C=O) groups excluding carboxylic acids is 2. The van der Waals surface area contributed by atoms with E-state index in [4.69, 9.17) is 10.5 Å². The second kappa shape index (κ2) is 11.2. The largest absolute Gasteiger partial charge is 0.458 e. The van der Waals surface area contributed by atoms with Crippen LogP contribution >= 0.6 is 0 Å². The number of hydrogen-bond acceptors (Lipinski definition) is 6. The second-order valence-corrected chi connectivity index (χ2v) is 8.58. The summed E-state index contributed by atoms with van der Waals surface area (Å²) in [5.41, 5.74) is 13.2. The van der Waals surface area contributed by atoms with Crippen molar-refractivity contribution in [2.24, 2.45) is 17.1 Å². The number of hydrazine groups is 1. The average molecular weight is 392 g/mol. The van der Waals surface area contributed by atoms with Gasteiger partial charge in [0.1, 0.15) is 6.10 Å². The maximum Gasteiger partial charge on any atom is 0.308 e. The highest BCUT2D eigenvalue weighted by Crippen LogP contribution is 2.22. The van der Waals surface area contributed by atoms with Crippen molar-refractivity contribution in [1.82, 2.24) is 5.43 Å². The fourth-order valence-electron chi connectivity index (χ4n) is 2.67. The molecule has 0 radical (unpaired) electrons. The molecule has 1 aromatic carbocycles. The molecule has 28 heavy (non-hydrogen) atoms. The summed E-state index contributed by atoms with van der Waals surface area (Å²) < 4.78 is 5.43. The van der Waals surface area contributed by atoms with Gasteiger partial charge in [-0.1, -0.05) is 53.2 Å². The quantitative estimate of drug-likeness (QED) is 0.300. The van der Waals surface area contributed by atoms with Crippen LogP contribution in [0.25, 0.3) is 0 Å². The molecule has 0 saturated carbocycles. The number of carbonyl (C=O) groups is 2. The maximum atomic E-state index is 12.7. The molecule has 4 N–H and O–H groups in total. The minimum atomic E-state index is -0.415. The molecule has 6 nitrogen and oxygen atoms in total. The first-order valence-electron chi connectivity index (χ1n) is 10.1. The Morgan fingerprint density at radius 1 is 1.07 bits per heavy atom. The Bertz CT molecular complexity index is 621. The van der Waals surface area contributed by atoms with Gasteiger partial charge in [-0.15, -0.1) is 0 Å². The number of nitrogens with one attached hydrogen (secondary N) is 2. The van der Waals surface area contributed by atoms with E-state index in [0.717, 1.165) is 30.5 Å². The van der Waals surface area contributed by atoms with Gasteiger partial charge in [-0.3, -0.25) is 9.59 Å². The van der Waals surface area contributed by atoms with Gasteiger partial charge < -0.3 is 15.9 Å². The lowest BCUT2D eigenvalue weighted by atomic mass is 9.85. The van der Waals surface area contributed by atoms with Crippen LogP contribution in [-0.4, -0.2) is 24.3 Å². The monoisotopic (exact) mass is 391 g/mol. The van der Waals surface area contributed by atoms with E-state index < -0.39 is 5.41 Å². The minimum Gasteiger partial charge on any atom is -0.458 e. The van der Waals surface area contributed by atoms with E-state index in [0.29, 0.717) is 6.54 Å². The Balaban J connectivity index is 2.69. The normalized spacial score (nSPS) is 13.9. The Labute approximate surface area is 169 Å². The molecular formula is C22H37N3O3. The van der Waals surface area contributed by atoms with Crippen LogP contribution in [0, 0.1) is 11.3 Å². The molecule has 0 aliphatic heterocycles. The van der Waals surface area contributed by atoms with Gasteiger partial charge in [-0.05, 0) is 44.0 Å². The number of nitrogens with two attached hydrogens (primary N) is 1. The summed E-state index contributed by atoms with van der Waals surface area (Å²) in [5.74, 6) is -0.190. The molecule has 0 spiro atoms. The number of ether oxygens (including phenoxy) is 1. The number of hydrogen-bond donors (Lipinski definition) is 3. The molecule has 2 atom stereocenters. The highest BCUT2D eigenvalue weighted by atomic mass is 16.5. The fraction of sp³-hybridized carbons (Fsp3) is 0.636. The van der Waals surface area contributed by atoms with Crippen LogP contribution in [0.15, 0.2) is 24.3 Å². The number of ketones is 1. The van der Waals surface area contributed by atoms with Crippen LogP contribution in [0.2, 0.25) is 0 Å². The Hall–Kier alpha value is -1.92. The van der Waals surface area contributed by atoms with Gasteiger partial charge in [0.25, 0.3) is 0 Å². The van der Waals surface area contributed by atoms with E-state index in [2.05, 4.69) is 10.9 Å². The zero-order chi connectivity index (χ0) is 21.3. The molecule has 0 heterocycles. The highest BCUT2D eigenvalue weighted by molar-refractivity contribution is 5.88. The molecule has 0 saturated heterocycles. The molecule has 1 aromatic rings. The zero-order valence-corrected chi connectivity index (χ0v) is 18.2. The van der Waals surface area contributed by atoms with Crippen molar-refractivity contribution in [2.75, 3.05) is 12.0 Å². The molecule has 0 bridgehead atoms. The van der Waals surface area contributed by atoms with E-state index in [1.54, 1.807) is 0 Å². The number of anilines is 1. The van der Waals surface area contributed by atoms with Crippen molar-refractivity contribution in [2.45, 2.75) is 73.0 Å². The lowest BCUT2D eigenvalue weighted by Gasteiger charge is -2.26. The number of Topliss-reactive ketones (excluding diaryl/α,β-unsaturated/α-hetero) is 1. The summed E-state index contributed by atoms with van der Waals surface area (Å²) in [6.45, 7) is 11.9. The van der Waals surface area contributed by atoms with E-state index in [1.165, 1.54) is 0 Å². The topological polar surface area (TPSA) is 93.4 Å². The van der Waals surface area contributed by atoms with Crippen molar-refractivity contribution in [3.63, 3.8) is 0 Å². The van der Waals surface area contributed by atoms with Gasteiger partial charge in [-0.25, -0.2) is 5.43 Å². The zero-order valence-electron chi connectivity index (χ0n) is 18.2. The summed E-state index contributed by atoms with van der Waals surface area (Å²) in [5, 5.41) is 0. The van der Waals surface area contributed by atoms with Crippen LogP contribution < -0.4 is 16.6 Å². The third-order valence-corrected chi connectivity index (χ3v) is 4.54. The third-order valence-electron chi connectivity index (χ3n) is 4.54. The summed E-state index contributed by atoms with van der Waals surface area (Å²) in [7, 11) is 0. The summed E-state index contributed by atoms with van der Waals surface area (Å²) >= 11 is 0. The van der Waals surface area contributed by atoms with E-state index >= 15 is 0 Å². The van der Waals surface area contributed by atoms with E-state index in [1.807, 2.05) is 65.8 Å². The SMILES string of the molecule is CC(C)C(=O)OC(C)c1ccc(NN[C@@H](CCCCN)C(=O)C(C)(C)C)cc1. The minimum absolute atomic E-state index is 0.149. The standard InChI is InChI=1S/C22H37N3O3/c1-15(2)21(27)28-16(3)17-10-12-18(13-11-17)24-25-19(9-7-8-14-23)20(26)22(4,5)6/h10-13,15-16,19,24-25H,7-9,14,23H2,1-6H3/t16?,19-/m0/s1. The number of esters is 1. The van der Waals surface area contributed by atoms with E-state index in [-0.39, 0.29) is 29.8 Å². The smallest absolute Gasteiger partial charge is 0.308 e. The maximum absolute atomic E-state index is 12.7. The van der Waals surface area contributed by atoms with Crippen LogP contribution in [-0.2, 0) is 14.3 Å². The van der Waals surface area contributed by atoms with Gasteiger partial charge in [0.15, 0.2) is 5.78 Å². The van der Waals surface area contributed by atoms with Crippen molar-refractivity contribution >= 4 is 17.4 Å². The predicted molar refractivity (Wildman–Crippen MR) is 114 cm³/mol. The van der Waals surface area contributed by atoms with E-state index in [9.17, 15) is 9.59 Å². The Morgan fingerprint density at radius 3 is 2.18 bits per heavy atom. The predicted octanol–water partition coefficient (Wildman–Crippen LogP) is 3.98. The average Bonchev–Trinajstić information content (AvgIpc) is 2.63. The van der Waals surface area contributed by atoms with Gasteiger partial charge in [-0.2, -0.15) is 0 Å². The lowest BCUT2D eigenvalue weighted by Crippen LogP contribution is -2.45. The summed E-state index contributed by atoms with van der Waals surface area (Å²) in [4.78, 5) is 24.4. The third kappa shape index (κ3) is 7.98. The number of benzene rings is 1. The van der Waals surface area contributed by atoms with Crippen LogP contribution in [0.5, 0.6) is 0 Å². The van der Waals surface area contributed by atoms with Crippen LogP contribution in [0.3, 0.4) is 0 Å². The summed E-state index contributed by atoms with van der Waals surface area (Å²) in [6.07, 6.45) is 2.23. The molecule has 0 aliphatic carbocycles. The second-order valence-electron chi connectivity index (χ2n) is 8.58. The molecule has 1 unspecified atom stereocenters. The van der Waals surface area contributed by atoms with Crippen molar-refractivity contribution < 1.29 is 14.3 Å². The first-order valence-corrected chi connectivity index (χ1v) is 10.1. The van der Waals surface area contributed by atoms with Crippen molar-refractivity contribution in [3.05, 3.63) is 29.8 Å². The number of rotatable bonds is 11. The Morgan fingerprint density at radius 2 is 1.68 bits per heavy atom. The first-order chi connectivity index (χ1) is 13.1. The van der Waals surface area contributed by atoms with Crippen LogP contribution in [0.4, 0.5) is 5.69 Å². The van der Waals surface area contributed by atoms with Gasteiger partial charge in [0.2, 0.25) is 0 Å². The van der Waals surface area contributed by atoms with Crippen LogP contribution in [0.1, 0.15) is 72.5 Å². The van der Waals surface area contributed by atoms with Crippen molar-refractivity contribution in [1.29, 1.82) is 0 Å². The lowest BCUT2D eigenvalue weighted by molar-refractivity contribution is -0.152. The highest BCUT2D eigenvalue weighted by Gasteiger charge is 2.29. The molecule has 0 amide bonds. The molecular weight excluding hydrogens is 354 g/mol. The molecule has 0 aliphatic rings. The molecule has 158 valence electrons. The van der Waals surface area contributed by atoms with Gasteiger partial charge in [0.05, 0.1) is 12.0 Å². The number of unbranched alkanes of at least 4 members (excludes halogenated alkanes) is 1. The molecule has 0 aromatic heterocycles. The first kappa shape index (κ1) is 24.1. The Kier molecular flexibility index (Phi) is 9.62. The fourth-order valence-corrected chi connectivity index (χ4v) is 2.67. The van der Waals surface area contributed by atoms with Crippen molar-refractivity contribution in [3.8, 4) is 0 Å². The molecule has 6 heteroatoms. The van der Waals surface area contributed by atoms with Gasteiger partial charge >= 0.3 is 5.97 Å². The molecule has 1 rings (SSSR count). The van der Waals surface area contributed by atoms with Gasteiger partial charge in [0, 0.05) is 11.1 Å².